The van der Waals surface area contributed by atoms with Gasteiger partial charge in [-0.25, -0.2) is 0 Å². The normalized spacial score (nSPS) is 28.6. The minimum absolute atomic E-state index is 0.322. The highest BCUT2D eigenvalue weighted by Crippen LogP contribution is 2.32. The molecule has 1 rings (SSSR count). The number of aliphatic carboxylic acids is 1. The fourth-order valence-corrected chi connectivity index (χ4v) is 1.65. The standard InChI is InChI=1S/C8H13NO3/c1-2-3-8(7(11)12)4-5-9-6(8)10/h2-5H2,1H3,(H,9,10)(H,11,12). The number of amides is 1. The summed E-state index contributed by atoms with van der Waals surface area (Å²) in [5.74, 6) is -1.31. The summed E-state index contributed by atoms with van der Waals surface area (Å²) in [5, 5.41) is 11.5. The van der Waals surface area contributed by atoms with E-state index in [1.165, 1.54) is 0 Å². The second-order valence-electron chi connectivity index (χ2n) is 3.14. The molecular formula is C8H13NO3. The van der Waals surface area contributed by atoms with E-state index in [1.54, 1.807) is 0 Å². The summed E-state index contributed by atoms with van der Waals surface area (Å²) >= 11 is 0. The summed E-state index contributed by atoms with van der Waals surface area (Å²) in [5.41, 5.74) is -1.13. The molecule has 0 aliphatic carbocycles. The Balaban J connectivity index is 2.85. The van der Waals surface area contributed by atoms with Crippen molar-refractivity contribution in [1.82, 2.24) is 5.32 Å². The number of carboxylic acids is 1. The molecule has 68 valence electrons. The Labute approximate surface area is 71.0 Å². The van der Waals surface area contributed by atoms with Crippen LogP contribution in [0.1, 0.15) is 26.2 Å². The largest absolute Gasteiger partial charge is 0.480 e. The second-order valence-corrected chi connectivity index (χ2v) is 3.14. The van der Waals surface area contributed by atoms with Crippen molar-refractivity contribution in [3.8, 4) is 0 Å². The third kappa shape index (κ3) is 1.17. The van der Waals surface area contributed by atoms with Crippen molar-refractivity contribution < 1.29 is 14.7 Å². The van der Waals surface area contributed by atoms with Crippen LogP contribution < -0.4 is 5.32 Å². The zero-order valence-electron chi connectivity index (χ0n) is 7.09. The Morgan fingerprint density at radius 2 is 2.42 bits per heavy atom. The van der Waals surface area contributed by atoms with Gasteiger partial charge in [0.05, 0.1) is 0 Å². The molecule has 0 aromatic rings. The van der Waals surface area contributed by atoms with Crippen LogP contribution in [0.5, 0.6) is 0 Å². The lowest BCUT2D eigenvalue weighted by atomic mass is 9.82. The first kappa shape index (κ1) is 9.03. The molecule has 2 N–H and O–H groups in total. The van der Waals surface area contributed by atoms with Crippen molar-refractivity contribution in [2.24, 2.45) is 5.41 Å². The van der Waals surface area contributed by atoms with Gasteiger partial charge < -0.3 is 10.4 Å². The molecule has 1 amide bonds. The fraction of sp³-hybridized carbons (Fsp3) is 0.750. The van der Waals surface area contributed by atoms with Gasteiger partial charge in [0.25, 0.3) is 0 Å². The maximum absolute atomic E-state index is 11.2. The topological polar surface area (TPSA) is 66.4 Å². The minimum Gasteiger partial charge on any atom is -0.480 e. The molecular weight excluding hydrogens is 158 g/mol. The lowest BCUT2D eigenvalue weighted by Crippen LogP contribution is -2.38. The smallest absolute Gasteiger partial charge is 0.319 e. The Hall–Kier alpha value is -1.06. The molecule has 1 aliphatic rings. The van der Waals surface area contributed by atoms with Crippen LogP contribution in [0, 0.1) is 5.41 Å². The molecule has 1 heterocycles. The molecule has 0 bridgehead atoms. The van der Waals surface area contributed by atoms with Gasteiger partial charge in [-0.2, -0.15) is 0 Å². The third-order valence-electron chi connectivity index (χ3n) is 2.36. The number of carbonyl (C=O) groups excluding carboxylic acids is 1. The molecule has 1 unspecified atom stereocenters. The molecule has 0 aromatic carbocycles. The van der Waals surface area contributed by atoms with Crippen molar-refractivity contribution >= 4 is 11.9 Å². The first-order chi connectivity index (χ1) is 5.63. The first-order valence-electron chi connectivity index (χ1n) is 4.15. The number of hydrogen-bond donors (Lipinski definition) is 2. The maximum Gasteiger partial charge on any atom is 0.319 e. The molecule has 4 nitrogen and oxygen atoms in total. The van der Waals surface area contributed by atoms with E-state index in [1.807, 2.05) is 6.92 Å². The lowest BCUT2D eigenvalue weighted by molar-refractivity contribution is -0.154. The van der Waals surface area contributed by atoms with Crippen LogP contribution >= 0.6 is 0 Å². The summed E-state index contributed by atoms with van der Waals surface area (Å²) < 4.78 is 0. The summed E-state index contributed by atoms with van der Waals surface area (Å²) in [6.07, 6.45) is 1.59. The van der Waals surface area contributed by atoms with Crippen molar-refractivity contribution in [2.75, 3.05) is 6.54 Å². The molecule has 1 aliphatic heterocycles. The van der Waals surface area contributed by atoms with Crippen LogP contribution in [-0.4, -0.2) is 23.5 Å². The molecule has 1 saturated heterocycles. The number of carbonyl (C=O) groups is 2. The summed E-state index contributed by atoms with van der Waals surface area (Å²) in [7, 11) is 0. The van der Waals surface area contributed by atoms with Crippen molar-refractivity contribution in [1.29, 1.82) is 0 Å². The molecule has 0 saturated carbocycles. The Morgan fingerprint density at radius 1 is 1.75 bits per heavy atom. The van der Waals surface area contributed by atoms with Crippen LogP contribution in [-0.2, 0) is 9.59 Å². The minimum atomic E-state index is -1.13. The van der Waals surface area contributed by atoms with Gasteiger partial charge in [-0.15, -0.1) is 0 Å². The van der Waals surface area contributed by atoms with E-state index in [0.717, 1.165) is 6.42 Å². The Morgan fingerprint density at radius 3 is 2.75 bits per heavy atom. The van der Waals surface area contributed by atoms with Gasteiger partial charge in [-0.05, 0) is 12.8 Å². The number of carboxylic acid groups (broad SMARTS) is 1. The zero-order chi connectivity index (χ0) is 9.19. The Bertz CT molecular complexity index is 214. The lowest BCUT2D eigenvalue weighted by Gasteiger charge is -2.19. The van der Waals surface area contributed by atoms with E-state index in [4.69, 9.17) is 5.11 Å². The number of nitrogens with one attached hydrogen (secondary N) is 1. The molecule has 0 radical (unpaired) electrons. The Kier molecular flexibility index (Phi) is 2.35. The summed E-state index contributed by atoms with van der Waals surface area (Å²) in [4.78, 5) is 22.1. The highest BCUT2D eigenvalue weighted by atomic mass is 16.4. The van der Waals surface area contributed by atoms with E-state index in [9.17, 15) is 9.59 Å². The maximum atomic E-state index is 11.2. The predicted molar refractivity (Wildman–Crippen MR) is 42.6 cm³/mol. The van der Waals surface area contributed by atoms with Gasteiger partial charge in [0, 0.05) is 6.54 Å². The SMILES string of the molecule is CCCC1(C(=O)O)CCNC1=O. The molecule has 1 atom stereocenters. The van der Waals surface area contributed by atoms with Crippen LogP contribution in [0.3, 0.4) is 0 Å². The summed E-state index contributed by atoms with van der Waals surface area (Å²) in [6, 6.07) is 0. The van der Waals surface area contributed by atoms with E-state index in [0.29, 0.717) is 19.4 Å². The second kappa shape index (κ2) is 3.13. The van der Waals surface area contributed by atoms with Crippen molar-refractivity contribution in [3.63, 3.8) is 0 Å². The van der Waals surface area contributed by atoms with Crippen LogP contribution in [0.2, 0.25) is 0 Å². The van der Waals surface area contributed by atoms with Crippen LogP contribution in [0.15, 0.2) is 0 Å². The predicted octanol–water partition coefficient (Wildman–Crippen LogP) is 0.377. The zero-order valence-corrected chi connectivity index (χ0v) is 7.09. The van der Waals surface area contributed by atoms with Crippen molar-refractivity contribution in [3.05, 3.63) is 0 Å². The fourth-order valence-electron chi connectivity index (χ4n) is 1.65. The third-order valence-corrected chi connectivity index (χ3v) is 2.36. The van der Waals surface area contributed by atoms with Crippen molar-refractivity contribution in [2.45, 2.75) is 26.2 Å². The average Bonchev–Trinajstić information content (AvgIpc) is 2.34. The molecule has 0 spiro atoms. The van der Waals surface area contributed by atoms with E-state index in [-0.39, 0.29) is 5.91 Å². The van der Waals surface area contributed by atoms with Gasteiger partial charge in [0.2, 0.25) is 5.91 Å². The van der Waals surface area contributed by atoms with Gasteiger partial charge in [-0.1, -0.05) is 13.3 Å². The monoisotopic (exact) mass is 171 g/mol. The number of rotatable bonds is 3. The summed E-state index contributed by atoms with van der Waals surface area (Å²) in [6.45, 7) is 2.38. The number of hydrogen-bond acceptors (Lipinski definition) is 2. The highest BCUT2D eigenvalue weighted by Gasteiger charge is 2.48. The molecule has 0 aromatic heterocycles. The first-order valence-corrected chi connectivity index (χ1v) is 4.15. The van der Waals surface area contributed by atoms with Gasteiger partial charge in [0.15, 0.2) is 0 Å². The molecule has 12 heavy (non-hydrogen) atoms. The van der Waals surface area contributed by atoms with Gasteiger partial charge in [-0.3, -0.25) is 9.59 Å². The average molecular weight is 171 g/mol. The van der Waals surface area contributed by atoms with E-state index < -0.39 is 11.4 Å². The van der Waals surface area contributed by atoms with E-state index in [2.05, 4.69) is 5.32 Å². The molecule has 1 fully saturated rings. The highest BCUT2D eigenvalue weighted by molar-refractivity contribution is 6.03. The van der Waals surface area contributed by atoms with Crippen LogP contribution in [0.25, 0.3) is 0 Å². The van der Waals surface area contributed by atoms with Gasteiger partial charge in [0.1, 0.15) is 5.41 Å². The molecule has 4 heteroatoms. The quantitative estimate of drug-likeness (QED) is 0.603. The van der Waals surface area contributed by atoms with Gasteiger partial charge >= 0.3 is 5.97 Å². The van der Waals surface area contributed by atoms with Crippen LogP contribution in [0.4, 0.5) is 0 Å². The van der Waals surface area contributed by atoms with E-state index >= 15 is 0 Å².